The number of aromatic nitrogens is 2. The summed E-state index contributed by atoms with van der Waals surface area (Å²) in [7, 11) is 0. The number of carbonyl (C=O) groups is 2. The van der Waals surface area contributed by atoms with Gasteiger partial charge in [0.25, 0.3) is 0 Å². The van der Waals surface area contributed by atoms with Gasteiger partial charge in [-0.2, -0.15) is 13.2 Å². The van der Waals surface area contributed by atoms with Gasteiger partial charge >= 0.3 is 23.9 Å². The molecule has 0 aromatic carbocycles. The van der Waals surface area contributed by atoms with E-state index in [1.54, 1.807) is 0 Å². The van der Waals surface area contributed by atoms with Crippen LogP contribution in [0.1, 0.15) is 20.8 Å². The molecule has 1 heterocycles. The van der Waals surface area contributed by atoms with Gasteiger partial charge in [0.15, 0.2) is 4.34 Å². The van der Waals surface area contributed by atoms with Crippen LogP contribution in [0.2, 0.25) is 0 Å². The van der Waals surface area contributed by atoms with Crippen molar-refractivity contribution in [1.82, 2.24) is 15.5 Å². The molecule has 0 unspecified atom stereocenters. The molecule has 1 rings (SSSR count). The molecule has 8 nitrogen and oxygen atoms in total. The molecule has 2 N–H and O–H groups in total. The Balaban J connectivity index is 3.25. The van der Waals surface area contributed by atoms with Gasteiger partial charge in [0.1, 0.15) is 0 Å². The highest BCUT2D eigenvalue weighted by Gasteiger charge is 2.64. The zero-order chi connectivity index (χ0) is 19.1. The average molecular weight is 402 g/mol. The maximum absolute atomic E-state index is 13.7. The predicted molar refractivity (Wildman–Crippen MR) is 85.5 cm³/mol. The Bertz CT molecular complexity index is 599. The van der Waals surface area contributed by atoms with Crippen molar-refractivity contribution in [3.8, 4) is 0 Å². The third kappa shape index (κ3) is 5.36. The maximum Gasteiger partial charge on any atom is 0.442 e. The van der Waals surface area contributed by atoms with E-state index in [9.17, 15) is 22.8 Å². The number of halogens is 3. The van der Waals surface area contributed by atoms with Crippen LogP contribution < -0.4 is 10.6 Å². The van der Waals surface area contributed by atoms with Crippen LogP contribution >= 0.6 is 23.1 Å². The Morgan fingerprint density at radius 3 is 2.32 bits per heavy atom. The van der Waals surface area contributed by atoms with E-state index in [1.165, 1.54) is 30.9 Å². The summed E-state index contributed by atoms with van der Waals surface area (Å²) in [6.45, 7) is 4.07. The minimum Gasteiger partial charge on any atom is -0.463 e. The monoisotopic (exact) mass is 402 g/mol. The van der Waals surface area contributed by atoms with Crippen molar-refractivity contribution in [3.05, 3.63) is 0 Å². The van der Waals surface area contributed by atoms with Crippen LogP contribution in [0.25, 0.3) is 0 Å². The molecule has 0 aliphatic heterocycles. The lowest BCUT2D eigenvalue weighted by Crippen LogP contribution is -2.69. The van der Waals surface area contributed by atoms with E-state index in [2.05, 4.69) is 19.7 Å². The Kier molecular flexibility index (Phi) is 7.73. The number of amides is 1. The summed E-state index contributed by atoms with van der Waals surface area (Å²) >= 11 is 2.07. The summed E-state index contributed by atoms with van der Waals surface area (Å²) < 4.78 is 50.5. The quantitative estimate of drug-likeness (QED) is 0.389. The first-order valence-corrected chi connectivity index (χ1v) is 8.93. The Labute approximate surface area is 149 Å². The third-order valence-corrected chi connectivity index (χ3v) is 4.39. The van der Waals surface area contributed by atoms with Crippen molar-refractivity contribution in [2.75, 3.05) is 24.3 Å². The molecule has 13 heteroatoms. The number of esters is 1. The number of rotatable bonds is 8. The number of alkyl halides is 3. The van der Waals surface area contributed by atoms with Crippen LogP contribution in [0, 0.1) is 0 Å². The molecule has 0 radical (unpaired) electrons. The lowest BCUT2D eigenvalue weighted by Gasteiger charge is -2.33. The van der Waals surface area contributed by atoms with Crippen LogP contribution in [-0.4, -0.2) is 53.1 Å². The van der Waals surface area contributed by atoms with Crippen LogP contribution in [-0.2, 0) is 14.3 Å². The first-order chi connectivity index (χ1) is 11.7. The molecule has 0 saturated heterocycles. The van der Waals surface area contributed by atoms with Gasteiger partial charge in [-0.1, -0.05) is 30.0 Å². The van der Waals surface area contributed by atoms with Crippen LogP contribution in [0.15, 0.2) is 4.34 Å². The molecule has 1 aromatic heterocycles. The van der Waals surface area contributed by atoms with Crippen molar-refractivity contribution < 1.29 is 32.2 Å². The molecule has 1 aromatic rings. The molecule has 0 bridgehead atoms. The van der Waals surface area contributed by atoms with Crippen molar-refractivity contribution in [2.45, 2.75) is 37.0 Å². The molecule has 0 spiro atoms. The second-order valence-electron chi connectivity index (χ2n) is 4.24. The summed E-state index contributed by atoms with van der Waals surface area (Å²) in [6, 6.07) is 0. The Morgan fingerprint density at radius 1 is 1.16 bits per heavy atom. The fourth-order valence-electron chi connectivity index (χ4n) is 1.55. The minimum atomic E-state index is -5.24. The van der Waals surface area contributed by atoms with Crippen LogP contribution in [0.5, 0.6) is 0 Å². The molecule has 142 valence electrons. The standard InChI is InChI=1S/C12H17F3N4O4S2/c1-4-22-7(20)11(12(13,14)15,17-9(21)23-5-2)16-8-18-19-10(25-8)24-6-3/h4-6H2,1-3H3,(H,16,18)(H,17,21)/t11-/m1/s1. The van der Waals surface area contributed by atoms with E-state index in [-0.39, 0.29) is 18.3 Å². The summed E-state index contributed by atoms with van der Waals surface area (Å²) in [5.41, 5.74) is -3.55. The second-order valence-corrected chi connectivity index (χ2v) is 6.73. The molecule has 25 heavy (non-hydrogen) atoms. The highest BCUT2D eigenvalue weighted by molar-refractivity contribution is 8.01. The topological polar surface area (TPSA) is 102 Å². The molecular weight excluding hydrogens is 385 g/mol. The van der Waals surface area contributed by atoms with Crippen LogP contribution in [0.3, 0.4) is 0 Å². The fourth-order valence-corrected chi connectivity index (χ4v) is 3.26. The third-order valence-electron chi connectivity index (χ3n) is 2.54. The number of alkyl carbamates (subject to hydrolysis) is 1. The van der Waals surface area contributed by atoms with Gasteiger partial charge in [0.2, 0.25) is 5.13 Å². The van der Waals surface area contributed by atoms with Gasteiger partial charge in [-0.05, 0) is 19.6 Å². The van der Waals surface area contributed by atoms with E-state index in [4.69, 9.17) is 0 Å². The van der Waals surface area contributed by atoms with E-state index in [0.29, 0.717) is 10.1 Å². The van der Waals surface area contributed by atoms with Gasteiger partial charge in [0.05, 0.1) is 13.2 Å². The van der Waals surface area contributed by atoms with E-state index in [0.717, 1.165) is 11.3 Å². The van der Waals surface area contributed by atoms with Gasteiger partial charge in [-0.25, -0.2) is 9.59 Å². The van der Waals surface area contributed by atoms with Gasteiger partial charge in [-0.15, -0.1) is 10.2 Å². The van der Waals surface area contributed by atoms with Crippen molar-refractivity contribution in [1.29, 1.82) is 0 Å². The number of thioether (sulfide) groups is 1. The molecule has 0 fully saturated rings. The summed E-state index contributed by atoms with van der Waals surface area (Å²) in [6.07, 6.45) is -6.68. The Hall–Kier alpha value is -1.76. The summed E-state index contributed by atoms with van der Waals surface area (Å²) in [5.74, 6) is -1.10. The lowest BCUT2D eigenvalue weighted by molar-refractivity contribution is -0.205. The number of hydrogen-bond donors (Lipinski definition) is 2. The summed E-state index contributed by atoms with van der Waals surface area (Å²) in [5, 5.41) is 10.4. The van der Waals surface area contributed by atoms with Crippen molar-refractivity contribution >= 4 is 40.3 Å². The predicted octanol–water partition coefficient (Wildman–Crippen LogP) is 2.63. The van der Waals surface area contributed by atoms with Gasteiger partial charge in [-0.3, -0.25) is 5.32 Å². The zero-order valence-electron chi connectivity index (χ0n) is 13.6. The van der Waals surface area contributed by atoms with Gasteiger partial charge in [0, 0.05) is 0 Å². The highest BCUT2D eigenvalue weighted by Crippen LogP contribution is 2.35. The second kappa shape index (κ2) is 9.08. The molecule has 0 aliphatic rings. The van der Waals surface area contributed by atoms with Crippen molar-refractivity contribution in [2.24, 2.45) is 0 Å². The number of ether oxygens (including phenoxy) is 2. The van der Waals surface area contributed by atoms with E-state index < -0.39 is 23.9 Å². The number of nitrogens with zero attached hydrogens (tertiary/aromatic N) is 2. The number of nitrogens with one attached hydrogen (secondary N) is 2. The molecule has 0 saturated carbocycles. The van der Waals surface area contributed by atoms with Crippen molar-refractivity contribution in [3.63, 3.8) is 0 Å². The fraction of sp³-hybridized carbons (Fsp3) is 0.667. The summed E-state index contributed by atoms with van der Waals surface area (Å²) in [4.78, 5) is 23.7. The SMILES string of the molecule is CCOC(=O)N[C@](Nc1nnc(SCC)s1)(C(=O)OCC)C(F)(F)F. The average Bonchev–Trinajstić information content (AvgIpc) is 2.93. The normalized spacial score (nSPS) is 13.7. The first-order valence-electron chi connectivity index (χ1n) is 7.13. The number of anilines is 1. The minimum absolute atomic E-state index is 0.182. The lowest BCUT2D eigenvalue weighted by atomic mass is 10.1. The highest BCUT2D eigenvalue weighted by atomic mass is 32.2. The van der Waals surface area contributed by atoms with E-state index >= 15 is 0 Å². The smallest absolute Gasteiger partial charge is 0.442 e. The number of hydrogen-bond acceptors (Lipinski definition) is 9. The molecule has 0 aliphatic carbocycles. The molecule has 1 atom stereocenters. The Morgan fingerprint density at radius 2 is 1.80 bits per heavy atom. The molecule has 1 amide bonds. The first kappa shape index (κ1) is 21.3. The maximum atomic E-state index is 13.7. The van der Waals surface area contributed by atoms with Crippen LogP contribution in [0.4, 0.5) is 23.1 Å². The largest absolute Gasteiger partial charge is 0.463 e. The zero-order valence-corrected chi connectivity index (χ0v) is 15.2. The molecular formula is C12H17F3N4O4S2. The number of carbonyl (C=O) groups excluding carboxylic acids is 2. The van der Waals surface area contributed by atoms with E-state index in [1.807, 2.05) is 12.2 Å². The van der Waals surface area contributed by atoms with Gasteiger partial charge < -0.3 is 14.8 Å².